The van der Waals surface area contributed by atoms with Gasteiger partial charge in [-0.15, -0.1) is 0 Å². The number of nitrogens with one attached hydrogen (secondary N) is 1. The van der Waals surface area contributed by atoms with Gasteiger partial charge in [0.25, 0.3) is 0 Å². The van der Waals surface area contributed by atoms with Crippen molar-refractivity contribution in [2.24, 2.45) is 5.10 Å². The number of benzene rings is 1. The van der Waals surface area contributed by atoms with Gasteiger partial charge < -0.3 is 28.4 Å². The number of nitrogens with zero attached hydrogens (tertiary/aromatic N) is 6. The van der Waals surface area contributed by atoms with Crippen molar-refractivity contribution in [1.82, 2.24) is 15.0 Å². The third-order valence-corrected chi connectivity index (χ3v) is 5.91. The van der Waals surface area contributed by atoms with Gasteiger partial charge in [0.1, 0.15) is 17.3 Å². The van der Waals surface area contributed by atoms with E-state index in [9.17, 15) is 0 Å². The topological polar surface area (TPSA) is 110 Å². The number of halogens is 1. The highest BCUT2D eigenvalue weighted by atomic mass is 35.5. The van der Waals surface area contributed by atoms with Crippen molar-refractivity contribution in [1.29, 1.82) is 0 Å². The maximum absolute atomic E-state index is 6.23. The molecule has 12 heteroatoms. The summed E-state index contributed by atoms with van der Waals surface area (Å²) in [6.07, 6.45) is 1.57. The number of furan rings is 1. The normalized spacial score (nSPS) is 16.6. The molecule has 1 aromatic carbocycles. The number of rotatable bonds is 7. The SMILES string of the molecule is COc1ccc(-c2ccc(C=NNc3nc(N4CCOCC4)nc(N4CCOCC4)n3)o2)cc1Cl. The lowest BCUT2D eigenvalue weighted by atomic mass is 10.2. The van der Waals surface area contributed by atoms with Crippen molar-refractivity contribution in [2.45, 2.75) is 0 Å². The highest BCUT2D eigenvalue weighted by Crippen LogP contribution is 2.31. The molecule has 11 nitrogen and oxygen atoms in total. The molecule has 1 N–H and O–H groups in total. The molecule has 2 aliphatic rings. The monoisotopic (exact) mass is 499 g/mol. The molecule has 0 amide bonds. The predicted molar refractivity (Wildman–Crippen MR) is 133 cm³/mol. The highest BCUT2D eigenvalue weighted by molar-refractivity contribution is 6.32. The van der Waals surface area contributed by atoms with Crippen molar-refractivity contribution in [3.63, 3.8) is 0 Å². The Morgan fingerprint density at radius 2 is 1.60 bits per heavy atom. The van der Waals surface area contributed by atoms with E-state index in [4.69, 9.17) is 35.2 Å². The van der Waals surface area contributed by atoms with Gasteiger partial charge in [-0.2, -0.15) is 20.1 Å². The number of ether oxygens (including phenoxy) is 3. The molecule has 0 bridgehead atoms. The number of anilines is 3. The smallest absolute Gasteiger partial charge is 0.250 e. The number of hydrogen-bond acceptors (Lipinski definition) is 11. The zero-order valence-corrected chi connectivity index (χ0v) is 20.1. The van der Waals surface area contributed by atoms with Crippen LogP contribution in [0.4, 0.5) is 17.8 Å². The summed E-state index contributed by atoms with van der Waals surface area (Å²) in [4.78, 5) is 18.0. The van der Waals surface area contributed by atoms with Gasteiger partial charge >= 0.3 is 0 Å². The van der Waals surface area contributed by atoms with Crippen LogP contribution in [0, 0.1) is 0 Å². The van der Waals surface area contributed by atoms with Gasteiger partial charge in [0.05, 0.1) is 44.8 Å². The molecular formula is C23H26ClN7O4. The van der Waals surface area contributed by atoms with Gasteiger partial charge in [-0.05, 0) is 30.3 Å². The van der Waals surface area contributed by atoms with Crippen molar-refractivity contribution < 1.29 is 18.6 Å². The Kier molecular flexibility index (Phi) is 7.26. The number of aromatic nitrogens is 3. The summed E-state index contributed by atoms with van der Waals surface area (Å²) in [6, 6.07) is 9.16. The van der Waals surface area contributed by atoms with Crippen LogP contribution in [0.3, 0.4) is 0 Å². The van der Waals surface area contributed by atoms with Crippen molar-refractivity contribution >= 4 is 35.7 Å². The Balaban J connectivity index is 1.32. The van der Waals surface area contributed by atoms with Gasteiger partial charge in [0.2, 0.25) is 17.8 Å². The molecule has 0 spiro atoms. The molecule has 0 saturated carbocycles. The van der Waals surface area contributed by atoms with E-state index in [-0.39, 0.29) is 0 Å². The Hall–Kier alpha value is -3.41. The summed E-state index contributed by atoms with van der Waals surface area (Å²) >= 11 is 6.23. The van der Waals surface area contributed by atoms with Crippen molar-refractivity contribution in [2.75, 3.05) is 74.9 Å². The summed E-state index contributed by atoms with van der Waals surface area (Å²) in [5.41, 5.74) is 3.76. The number of hydrazone groups is 1. The maximum Gasteiger partial charge on any atom is 0.250 e. The van der Waals surface area contributed by atoms with E-state index >= 15 is 0 Å². The van der Waals surface area contributed by atoms with Gasteiger partial charge in [0.15, 0.2) is 0 Å². The molecule has 184 valence electrons. The van der Waals surface area contributed by atoms with Gasteiger partial charge in [-0.25, -0.2) is 5.43 Å². The van der Waals surface area contributed by atoms with Crippen LogP contribution in [0.1, 0.15) is 5.76 Å². The fourth-order valence-corrected chi connectivity index (χ4v) is 4.02. The van der Waals surface area contributed by atoms with Crippen LogP contribution in [-0.2, 0) is 9.47 Å². The molecule has 0 aliphatic carbocycles. The quantitative estimate of drug-likeness (QED) is 0.384. The van der Waals surface area contributed by atoms with Gasteiger partial charge in [0, 0.05) is 31.7 Å². The molecule has 2 aliphatic heterocycles. The molecule has 5 rings (SSSR count). The second kappa shape index (κ2) is 10.9. The average Bonchev–Trinajstić information content (AvgIpc) is 3.38. The molecule has 0 atom stereocenters. The van der Waals surface area contributed by atoms with Crippen LogP contribution >= 0.6 is 11.6 Å². The van der Waals surface area contributed by atoms with E-state index in [1.165, 1.54) is 0 Å². The third-order valence-electron chi connectivity index (χ3n) is 5.62. The van der Waals surface area contributed by atoms with E-state index in [1.807, 2.05) is 18.2 Å². The first-order valence-corrected chi connectivity index (χ1v) is 11.7. The van der Waals surface area contributed by atoms with Crippen LogP contribution in [0.5, 0.6) is 5.75 Å². The van der Waals surface area contributed by atoms with Crippen LogP contribution < -0.4 is 20.0 Å². The van der Waals surface area contributed by atoms with Crippen LogP contribution in [-0.4, -0.2) is 80.9 Å². The molecule has 0 unspecified atom stereocenters. The fraction of sp³-hybridized carbons (Fsp3) is 0.391. The second-order valence-electron chi connectivity index (χ2n) is 7.88. The number of morpholine rings is 2. The standard InChI is InChI=1S/C23H26ClN7O4/c1-32-20-4-2-16(14-18(20)24)19-5-3-17(35-19)15-25-29-21-26-22(30-6-10-33-11-7-30)28-23(27-21)31-8-12-34-13-9-31/h2-5,14-15H,6-13H2,1H3,(H,26,27,28,29). The van der Waals surface area contributed by atoms with Crippen LogP contribution in [0.25, 0.3) is 11.3 Å². The lowest BCUT2D eigenvalue weighted by molar-refractivity contribution is 0.121. The first-order valence-electron chi connectivity index (χ1n) is 11.3. The number of methoxy groups -OCH3 is 1. The molecular weight excluding hydrogens is 474 g/mol. The Bertz CT molecular complexity index is 1140. The molecule has 35 heavy (non-hydrogen) atoms. The number of hydrogen-bond donors (Lipinski definition) is 1. The molecule has 2 fully saturated rings. The van der Waals surface area contributed by atoms with E-state index in [0.29, 0.717) is 66.6 Å². The zero-order valence-electron chi connectivity index (χ0n) is 19.3. The lowest BCUT2D eigenvalue weighted by Crippen LogP contribution is -2.40. The minimum absolute atomic E-state index is 0.355. The summed E-state index contributed by atoms with van der Waals surface area (Å²) in [5.74, 6) is 3.39. The Labute approximate surface area is 207 Å². The summed E-state index contributed by atoms with van der Waals surface area (Å²) in [5, 5.41) is 4.80. The summed E-state index contributed by atoms with van der Waals surface area (Å²) in [7, 11) is 1.58. The second-order valence-corrected chi connectivity index (χ2v) is 8.29. The fourth-order valence-electron chi connectivity index (χ4n) is 3.76. The average molecular weight is 500 g/mol. The largest absolute Gasteiger partial charge is 0.495 e. The lowest BCUT2D eigenvalue weighted by Gasteiger charge is -2.30. The van der Waals surface area contributed by atoms with E-state index < -0.39 is 0 Å². The Morgan fingerprint density at radius 1 is 0.943 bits per heavy atom. The van der Waals surface area contributed by atoms with E-state index in [1.54, 1.807) is 25.5 Å². The van der Waals surface area contributed by atoms with Gasteiger partial charge in [-0.1, -0.05) is 11.6 Å². The first-order chi connectivity index (χ1) is 17.2. The molecule has 3 aromatic rings. The Morgan fingerprint density at radius 3 is 2.20 bits per heavy atom. The molecule has 0 radical (unpaired) electrons. The zero-order chi connectivity index (χ0) is 24.0. The van der Waals surface area contributed by atoms with Crippen LogP contribution in [0.15, 0.2) is 39.9 Å². The maximum atomic E-state index is 6.23. The minimum Gasteiger partial charge on any atom is -0.495 e. The minimum atomic E-state index is 0.355. The summed E-state index contributed by atoms with van der Waals surface area (Å²) in [6.45, 7) is 5.44. The van der Waals surface area contributed by atoms with Crippen molar-refractivity contribution in [3.8, 4) is 17.1 Å². The van der Waals surface area contributed by atoms with Crippen LogP contribution in [0.2, 0.25) is 5.02 Å². The van der Waals surface area contributed by atoms with Gasteiger partial charge in [-0.3, -0.25) is 0 Å². The molecule has 2 aromatic heterocycles. The van der Waals surface area contributed by atoms with E-state index in [0.717, 1.165) is 31.7 Å². The summed E-state index contributed by atoms with van der Waals surface area (Å²) < 4.78 is 22.0. The molecule has 2 saturated heterocycles. The first kappa shape index (κ1) is 23.3. The van der Waals surface area contributed by atoms with E-state index in [2.05, 4.69) is 30.3 Å². The predicted octanol–water partition coefficient (Wildman–Crippen LogP) is 2.91. The third kappa shape index (κ3) is 5.64. The molecule has 4 heterocycles. The van der Waals surface area contributed by atoms with Crippen molar-refractivity contribution in [3.05, 3.63) is 41.1 Å². The highest BCUT2D eigenvalue weighted by Gasteiger charge is 2.20.